The maximum Gasteiger partial charge on any atom is 0.0408 e. The summed E-state index contributed by atoms with van der Waals surface area (Å²) in [4.78, 5) is 0. The van der Waals surface area contributed by atoms with Crippen LogP contribution < -0.4 is 5.32 Å². The van der Waals surface area contributed by atoms with Crippen LogP contribution in [-0.4, -0.2) is 12.6 Å². The third kappa shape index (κ3) is 4.49. The minimum absolute atomic E-state index is 0.404. The Labute approximate surface area is 129 Å². The van der Waals surface area contributed by atoms with Crippen LogP contribution in [0.5, 0.6) is 0 Å². The number of fused-ring (bicyclic) bond motifs is 1. The van der Waals surface area contributed by atoms with Crippen molar-refractivity contribution < 1.29 is 0 Å². The first-order valence-electron chi connectivity index (χ1n) is 8.01. The second kappa shape index (κ2) is 6.95. The molecule has 1 aromatic carbocycles. The lowest BCUT2D eigenvalue weighted by molar-refractivity contribution is 0.288. The van der Waals surface area contributed by atoms with Crippen molar-refractivity contribution in [2.75, 3.05) is 6.54 Å². The molecule has 0 saturated heterocycles. The molecule has 1 aromatic rings. The molecule has 1 aliphatic rings. The van der Waals surface area contributed by atoms with Crippen LogP contribution in [0, 0.1) is 5.41 Å². The molecule has 0 spiro atoms. The van der Waals surface area contributed by atoms with Gasteiger partial charge in [-0.1, -0.05) is 57.7 Å². The number of unbranched alkanes of at least 4 members (excludes halogenated alkanes) is 2. The average Bonchev–Trinajstić information content (AvgIpc) is 2.79. The van der Waals surface area contributed by atoms with E-state index in [0.717, 1.165) is 24.4 Å². The van der Waals surface area contributed by atoms with Gasteiger partial charge in [0.2, 0.25) is 0 Å². The van der Waals surface area contributed by atoms with Crippen LogP contribution >= 0.6 is 11.6 Å². The Balaban J connectivity index is 1.79. The van der Waals surface area contributed by atoms with Gasteiger partial charge in [-0.15, -0.1) is 0 Å². The van der Waals surface area contributed by atoms with E-state index in [-0.39, 0.29) is 0 Å². The van der Waals surface area contributed by atoms with Crippen LogP contribution in [0.3, 0.4) is 0 Å². The lowest BCUT2D eigenvalue weighted by atomic mass is 9.86. The summed E-state index contributed by atoms with van der Waals surface area (Å²) in [5.41, 5.74) is 3.30. The Bertz CT molecular complexity index is 439. The third-order valence-electron chi connectivity index (χ3n) is 4.43. The first-order chi connectivity index (χ1) is 9.50. The highest BCUT2D eigenvalue weighted by Crippen LogP contribution is 2.27. The zero-order valence-corrected chi connectivity index (χ0v) is 13.9. The molecule has 2 rings (SSSR count). The van der Waals surface area contributed by atoms with Gasteiger partial charge in [-0.2, -0.15) is 0 Å². The molecule has 1 nitrogen and oxygen atoms in total. The van der Waals surface area contributed by atoms with E-state index in [1.54, 1.807) is 0 Å². The summed E-state index contributed by atoms with van der Waals surface area (Å²) in [5, 5.41) is 4.64. The third-order valence-corrected chi connectivity index (χ3v) is 4.66. The average molecular weight is 294 g/mol. The number of hydrogen-bond acceptors (Lipinski definition) is 1. The fraction of sp³-hybridized carbons (Fsp3) is 0.667. The Kier molecular flexibility index (Phi) is 5.51. The Hall–Kier alpha value is -0.530. The van der Waals surface area contributed by atoms with Crippen molar-refractivity contribution in [3.05, 3.63) is 34.3 Å². The van der Waals surface area contributed by atoms with Crippen molar-refractivity contribution in [2.24, 2.45) is 5.41 Å². The highest BCUT2D eigenvalue weighted by Gasteiger charge is 2.24. The minimum Gasteiger partial charge on any atom is -0.313 e. The van der Waals surface area contributed by atoms with Gasteiger partial charge in [0.15, 0.2) is 0 Å². The maximum absolute atomic E-state index is 6.07. The predicted octanol–water partition coefficient (Wildman–Crippen LogP) is 5.00. The highest BCUT2D eigenvalue weighted by molar-refractivity contribution is 6.30. The van der Waals surface area contributed by atoms with E-state index in [9.17, 15) is 0 Å². The highest BCUT2D eigenvalue weighted by atomic mass is 35.5. The quantitative estimate of drug-likeness (QED) is 0.697. The number of nitrogens with one attached hydrogen (secondary N) is 1. The number of rotatable bonds is 7. The molecule has 1 N–H and O–H groups in total. The van der Waals surface area contributed by atoms with E-state index >= 15 is 0 Å². The molecule has 0 fully saturated rings. The van der Waals surface area contributed by atoms with Gasteiger partial charge in [-0.25, -0.2) is 0 Å². The molecule has 0 bridgehead atoms. The van der Waals surface area contributed by atoms with Gasteiger partial charge in [0.1, 0.15) is 0 Å². The molecule has 112 valence electrons. The van der Waals surface area contributed by atoms with Crippen molar-refractivity contribution in [2.45, 2.75) is 65.3 Å². The first-order valence-corrected chi connectivity index (χ1v) is 8.39. The number of halogens is 1. The zero-order valence-electron chi connectivity index (χ0n) is 13.1. The summed E-state index contributed by atoms with van der Waals surface area (Å²) in [6.45, 7) is 8.15. The van der Waals surface area contributed by atoms with E-state index in [4.69, 9.17) is 11.6 Å². The van der Waals surface area contributed by atoms with Gasteiger partial charge in [0, 0.05) is 17.6 Å². The van der Waals surface area contributed by atoms with Gasteiger partial charge >= 0.3 is 0 Å². The predicted molar refractivity (Wildman–Crippen MR) is 88.6 cm³/mol. The largest absolute Gasteiger partial charge is 0.313 e. The monoisotopic (exact) mass is 293 g/mol. The van der Waals surface area contributed by atoms with Crippen LogP contribution in [-0.2, 0) is 12.8 Å². The minimum atomic E-state index is 0.404. The Morgan fingerprint density at radius 3 is 2.70 bits per heavy atom. The molecule has 0 saturated carbocycles. The molecular formula is C18H28ClN. The summed E-state index contributed by atoms with van der Waals surface area (Å²) in [6.07, 6.45) is 7.61. The molecule has 0 radical (unpaired) electrons. The lowest BCUT2D eigenvalue weighted by Crippen LogP contribution is -2.37. The molecule has 0 amide bonds. The van der Waals surface area contributed by atoms with Crippen molar-refractivity contribution in [3.8, 4) is 0 Å². The topological polar surface area (TPSA) is 12.0 Å². The molecular weight excluding hydrogens is 266 g/mol. The van der Waals surface area contributed by atoms with Crippen LogP contribution in [0.25, 0.3) is 0 Å². The van der Waals surface area contributed by atoms with Gasteiger partial charge in [-0.05, 0) is 47.9 Å². The smallest absolute Gasteiger partial charge is 0.0408 e. The molecule has 2 heteroatoms. The molecule has 0 heterocycles. The molecule has 1 aliphatic carbocycles. The SMILES string of the molecule is CCCCCC(C)(C)CNC1Cc2ccc(Cl)cc2C1. The summed E-state index contributed by atoms with van der Waals surface area (Å²) in [6, 6.07) is 6.92. The van der Waals surface area contributed by atoms with Crippen molar-refractivity contribution in [1.29, 1.82) is 0 Å². The summed E-state index contributed by atoms with van der Waals surface area (Å²) in [7, 11) is 0. The molecule has 1 atom stereocenters. The van der Waals surface area contributed by atoms with Gasteiger partial charge in [0.25, 0.3) is 0 Å². The summed E-state index contributed by atoms with van der Waals surface area (Å²) >= 11 is 6.07. The zero-order chi connectivity index (χ0) is 14.6. The first kappa shape index (κ1) is 15.9. The Morgan fingerprint density at radius 2 is 1.95 bits per heavy atom. The summed E-state index contributed by atoms with van der Waals surface area (Å²) in [5.74, 6) is 0. The normalized spacial score (nSPS) is 18.3. The molecule has 20 heavy (non-hydrogen) atoms. The van der Waals surface area contributed by atoms with Gasteiger partial charge < -0.3 is 5.32 Å². The van der Waals surface area contributed by atoms with Crippen molar-refractivity contribution in [1.82, 2.24) is 5.32 Å². The van der Waals surface area contributed by atoms with Gasteiger partial charge in [0.05, 0.1) is 0 Å². The molecule has 0 aromatic heterocycles. The van der Waals surface area contributed by atoms with E-state index in [1.807, 2.05) is 6.07 Å². The fourth-order valence-electron chi connectivity index (χ4n) is 3.09. The van der Waals surface area contributed by atoms with Crippen LogP contribution in [0.2, 0.25) is 5.02 Å². The maximum atomic E-state index is 6.07. The van der Waals surface area contributed by atoms with Crippen LogP contribution in [0.4, 0.5) is 0 Å². The molecule has 0 aliphatic heterocycles. The summed E-state index contributed by atoms with van der Waals surface area (Å²) < 4.78 is 0. The standard InChI is InChI=1S/C18H28ClN/c1-4-5-6-9-18(2,3)13-20-17-11-14-7-8-16(19)10-15(14)12-17/h7-8,10,17,20H,4-6,9,11-13H2,1-3H3. The van der Waals surface area contributed by atoms with E-state index in [1.165, 1.54) is 36.8 Å². The molecule has 1 unspecified atom stereocenters. The fourth-order valence-corrected chi connectivity index (χ4v) is 3.29. The van der Waals surface area contributed by atoms with Gasteiger partial charge in [-0.3, -0.25) is 0 Å². The number of benzene rings is 1. The second-order valence-electron chi connectivity index (χ2n) is 7.02. The van der Waals surface area contributed by atoms with E-state index in [2.05, 4.69) is 38.2 Å². The van der Waals surface area contributed by atoms with Crippen molar-refractivity contribution in [3.63, 3.8) is 0 Å². The van der Waals surface area contributed by atoms with Crippen LogP contribution in [0.1, 0.15) is 57.6 Å². The van der Waals surface area contributed by atoms with E-state index in [0.29, 0.717) is 11.5 Å². The lowest BCUT2D eigenvalue weighted by Gasteiger charge is -2.27. The van der Waals surface area contributed by atoms with Crippen molar-refractivity contribution >= 4 is 11.6 Å². The Morgan fingerprint density at radius 1 is 1.20 bits per heavy atom. The number of hydrogen-bond donors (Lipinski definition) is 1. The van der Waals surface area contributed by atoms with E-state index < -0.39 is 0 Å². The second-order valence-corrected chi connectivity index (χ2v) is 7.46. The van der Waals surface area contributed by atoms with Crippen LogP contribution in [0.15, 0.2) is 18.2 Å².